The predicted octanol–water partition coefficient (Wildman–Crippen LogP) is 2.76. The SMILES string of the molecule is O=C(C=Cc1ccc([N+](=O)[O-])s1)Nc1nccs1. The van der Waals surface area contributed by atoms with Crippen molar-refractivity contribution in [3.63, 3.8) is 0 Å². The van der Waals surface area contributed by atoms with Crippen molar-refractivity contribution < 1.29 is 9.72 Å². The van der Waals surface area contributed by atoms with Crippen molar-refractivity contribution in [3.8, 4) is 0 Å². The zero-order valence-electron chi connectivity index (χ0n) is 8.90. The molecule has 0 aliphatic heterocycles. The first-order valence-corrected chi connectivity index (χ1v) is 6.47. The summed E-state index contributed by atoms with van der Waals surface area (Å²) in [5.41, 5.74) is 0. The molecule has 92 valence electrons. The van der Waals surface area contributed by atoms with E-state index in [-0.39, 0.29) is 10.9 Å². The third-order valence-electron chi connectivity index (χ3n) is 1.85. The second-order valence-corrected chi connectivity index (χ2v) is 5.08. The molecule has 6 nitrogen and oxygen atoms in total. The molecule has 0 saturated carbocycles. The smallest absolute Gasteiger partial charge is 0.298 e. The van der Waals surface area contributed by atoms with Crippen molar-refractivity contribution in [2.75, 3.05) is 5.32 Å². The number of carbonyl (C=O) groups excluding carboxylic acids is 1. The van der Waals surface area contributed by atoms with Crippen LogP contribution in [0.4, 0.5) is 10.1 Å². The van der Waals surface area contributed by atoms with Crippen LogP contribution < -0.4 is 5.32 Å². The van der Waals surface area contributed by atoms with Crippen molar-refractivity contribution in [1.29, 1.82) is 0 Å². The van der Waals surface area contributed by atoms with Crippen molar-refractivity contribution in [1.82, 2.24) is 4.98 Å². The minimum Gasteiger partial charge on any atom is -0.298 e. The lowest BCUT2D eigenvalue weighted by Crippen LogP contribution is -2.06. The normalized spacial score (nSPS) is 10.7. The van der Waals surface area contributed by atoms with Crippen LogP contribution in [-0.4, -0.2) is 15.8 Å². The van der Waals surface area contributed by atoms with Gasteiger partial charge in [0.05, 0.1) is 4.92 Å². The first-order valence-electron chi connectivity index (χ1n) is 4.78. The van der Waals surface area contributed by atoms with E-state index >= 15 is 0 Å². The Morgan fingerprint density at radius 1 is 1.50 bits per heavy atom. The topological polar surface area (TPSA) is 85.1 Å². The van der Waals surface area contributed by atoms with Crippen LogP contribution >= 0.6 is 22.7 Å². The summed E-state index contributed by atoms with van der Waals surface area (Å²) in [6.07, 6.45) is 4.43. The largest absolute Gasteiger partial charge is 0.324 e. The van der Waals surface area contributed by atoms with E-state index in [1.165, 1.54) is 29.6 Å². The minimum absolute atomic E-state index is 0.0509. The third kappa shape index (κ3) is 3.22. The number of rotatable bonds is 4. The summed E-state index contributed by atoms with van der Waals surface area (Å²) in [6.45, 7) is 0. The second-order valence-electron chi connectivity index (χ2n) is 3.09. The van der Waals surface area contributed by atoms with Crippen molar-refractivity contribution in [2.24, 2.45) is 0 Å². The minimum atomic E-state index is -0.461. The highest BCUT2D eigenvalue weighted by Gasteiger charge is 2.08. The molecule has 0 fully saturated rings. The average molecular weight is 281 g/mol. The zero-order valence-corrected chi connectivity index (χ0v) is 10.5. The highest BCUT2D eigenvalue weighted by molar-refractivity contribution is 7.16. The molecule has 8 heteroatoms. The fraction of sp³-hybridized carbons (Fsp3) is 0. The van der Waals surface area contributed by atoms with Crippen LogP contribution in [0.3, 0.4) is 0 Å². The molecule has 0 aliphatic carbocycles. The number of nitro groups is 1. The average Bonchev–Trinajstić information content (AvgIpc) is 2.96. The summed E-state index contributed by atoms with van der Waals surface area (Å²) in [6, 6.07) is 3.00. The van der Waals surface area contributed by atoms with Gasteiger partial charge in [-0.05, 0) is 12.1 Å². The molecule has 0 spiro atoms. The van der Waals surface area contributed by atoms with Gasteiger partial charge in [0, 0.05) is 28.6 Å². The van der Waals surface area contributed by atoms with Gasteiger partial charge in [-0.25, -0.2) is 4.98 Å². The van der Waals surface area contributed by atoms with Gasteiger partial charge in [0.15, 0.2) is 5.13 Å². The Morgan fingerprint density at radius 3 is 2.94 bits per heavy atom. The van der Waals surface area contributed by atoms with E-state index in [0.29, 0.717) is 10.0 Å². The number of thiophene rings is 1. The van der Waals surface area contributed by atoms with Crippen LogP contribution in [0.1, 0.15) is 4.88 Å². The van der Waals surface area contributed by atoms with Gasteiger partial charge < -0.3 is 0 Å². The van der Waals surface area contributed by atoms with Gasteiger partial charge in [-0.2, -0.15) is 0 Å². The van der Waals surface area contributed by atoms with Crippen LogP contribution in [0.5, 0.6) is 0 Å². The van der Waals surface area contributed by atoms with E-state index in [4.69, 9.17) is 0 Å². The second kappa shape index (κ2) is 5.52. The first-order chi connectivity index (χ1) is 8.65. The van der Waals surface area contributed by atoms with E-state index in [2.05, 4.69) is 10.3 Å². The summed E-state index contributed by atoms with van der Waals surface area (Å²) >= 11 is 2.33. The molecule has 2 heterocycles. The van der Waals surface area contributed by atoms with Crippen LogP contribution in [0.15, 0.2) is 29.8 Å². The van der Waals surface area contributed by atoms with E-state index < -0.39 is 4.92 Å². The number of hydrogen-bond acceptors (Lipinski definition) is 6. The van der Waals surface area contributed by atoms with E-state index in [1.807, 2.05) is 0 Å². The molecule has 18 heavy (non-hydrogen) atoms. The molecule has 0 bridgehead atoms. The Morgan fingerprint density at radius 2 is 2.33 bits per heavy atom. The Balaban J connectivity index is 1.97. The molecule has 0 unspecified atom stereocenters. The number of nitrogens with zero attached hydrogens (tertiary/aromatic N) is 2. The maximum Gasteiger partial charge on any atom is 0.324 e. The molecule has 2 aromatic heterocycles. The Labute approximate surface area is 110 Å². The van der Waals surface area contributed by atoms with Crippen LogP contribution in [0.2, 0.25) is 0 Å². The lowest BCUT2D eigenvalue weighted by atomic mass is 10.4. The maximum absolute atomic E-state index is 11.5. The summed E-state index contributed by atoms with van der Waals surface area (Å²) in [5.74, 6) is -0.319. The van der Waals surface area contributed by atoms with Gasteiger partial charge >= 0.3 is 5.00 Å². The van der Waals surface area contributed by atoms with Crippen LogP contribution in [0.25, 0.3) is 6.08 Å². The van der Waals surface area contributed by atoms with Gasteiger partial charge in [0.2, 0.25) is 5.91 Å². The zero-order chi connectivity index (χ0) is 13.0. The third-order valence-corrected chi connectivity index (χ3v) is 3.54. The molecule has 0 aromatic carbocycles. The molecule has 2 aromatic rings. The van der Waals surface area contributed by atoms with E-state index in [0.717, 1.165) is 11.3 Å². The summed E-state index contributed by atoms with van der Waals surface area (Å²) in [4.78, 5) is 26.0. The Kier molecular flexibility index (Phi) is 3.80. The predicted molar refractivity (Wildman–Crippen MR) is 70.8 cm³/mol. The first kappa shape index (κ1) is 12.4. The number of amides is 1. The summed E-state index contributed by atoms with van der Waals surface area (Å²) < 4.78 is 0. The van der Waals surface area contributed by atoms with Crippen LogP contribution in [-0.2, 0) is 4.79 Å². The molecular formula is C10H7N3O3S2. The van der Waals surface area contributed by atoms with Crippen molar-refractivity contribution in [3.05, 3.63) is 44.8 Å². The monoisotopic (exact) mass is 281 g/mol. The molecule has 1 amide bonds. The van der Waals surface area contributed by atoms with Crippen LogP contribution in [0, 0.1) is 10.1 Å². The summed E-state index contributed by atoms with van der Waals surface area (Å²) in [5, 5.41) is 15.4. The highest BCUT2D eigenvalue weighted by Crippen LogP contribution is 2.24. The molecule has 0 radical (unpaired) electrons. The fourth-order valence-electron chi connectivity index (χ4n) is 1.12. The lowest BCUT2D eigenvalue weighted by Gasteiger charge is -1.93. The fourth-order valence-corrected chi connectivity index (χ4v) is 2.38. The van der Waals surface area contributed by atoms with Gasteiger partial charge in [-0.3, -0.25) is 20.2 Å². The molecule has 0 aliphatic rings. The van der Waals surface area contributed by atoms with Gasteiger partial charge in [0.1, 0.15) is 0 Å². The Bertz CT molecular complexity index is 589. The number of hydrogen-bond donors (Lipinski definition) is 1. The molecule has 1 N–H and O–H groups in total. The molecule has 0 saturated heterocycles. The van der Waals surface area contributed by atoms with E-state index in [1.54, 1.807) is 17.6 Å². The number of aromatic nitrogens is 1. The summed E-state index contributed by atoms with van der Waals surface area (Å²) in [7, 11) is 0. The number of anilines is 1. The Hall–Kier alpha value is -2.06. The van der Waals surface area contributed by atoms with Crippen molar-refractivity contribution in [2.45, 2.75) is 0 Å². The lowest BCUT2D eigenvalue weighted by molar-refractivity contribution is -0.380. The molecule has 2 rings (SSSR count). The van der Waals surface area contributed by atoms with Gasteiger partial charge in [-0.1, -0.05) is 11.3 Å². The quantitative estimate of drug-likeness (QED) is 0.530. The molecule has 0 atom stereocenters. The molecular weight excluding hydrogens is 274 g/mol. The highest BCUT2D eigenvalue weighted by atomic mass is 32.1. The number of nitrogens with one attached hydrogen (secondary N) is 1. The van der Waals surface area contributed by atoms with E-state index in [9.17, 15) is 14.9 Å². The standard InChI is InChI=1S/C10H7N3O3S2/c14-8(12-10-11-5-6-17-10)3-1-7-2-4-9(18-7)13(15)16/h1-6H,(H,11,12,14). The van der Waals surface area contributed by atoms with Gasteiger partial charge in [-0.15, -0.1) is 11.3 Å². The van der Waals surface area contributed by atoms with Gasteiger partial charge in [0.25, 0.3) is 0 Å². The number of thiazole rings is 1. The van der Waals surface area contributed by atoms with Crippen molar-refractivity contribution >= 4 is 44.8 Å². The number of carbonyl (C=O) groups is 1. The maximum atomic E-state index is 11.5.